The molecule has 0 unspecified atom stereocenters. The molecule has 0 spiro atoms. The lowest BCUT2D eigenvalue weighted by Crippen LogP contribution is -2.31. The number of fused-ring (bicyclic) bond motifs is 1. The van der Waals surface area contributed by atoms with Gasteiger partial charge in [0.15, 0.2) is 0 Å². The summed E-state index contributed by atoms with van der Waals surface area (Å²) in [5.74, 6) is -0.698. The molecule has 0 atom stereocenters. The van der Waals surface area contributed by atoms with E-state index in [4.69, 9.17) is 16.3 Å². The molecule has 1 aliphatic rings. The van der Waals surface area contributed by atoms with Crippen molar-refractivity contribution in [3.63, 3.8) is 0 Å². The van der Waals surface area contributed by atoms with Crippen LogP contribution in [0.2, 0.25) is 5.02 Å². The van der Waals surface area contributed by atoms with Gasteiger partial charge >= 0.3 is 6.03 Å². The first-order valence-electron chi connectivity index (χ1n) is 8.32. The molecule has 7 nitrogen and oxygen atoms in total. The highest BCUT2D eigenvalue weighted by Gasteiger charge is 2.35. The highest BCUT2D eigenvalue weighted by Crippen LogP contribution is 2.26. The first-order valence-corrected chi connectivity index (χ1v) is 8.70. The molecule has 0 saturated heterocycles. The van der Waals surface area contributed by atoms with E-state index in [0.29, 0.717) is 41.5 Å². The normalized spacial score (nSPS) is 12.9. The quantitative estimate of drug-likeness (QED) is 0.585. The minimum atomic E-state index is -0.467. The molecule has 0 bridgehead atoms. The third-order valence-electron chi connectivity index (χ3n) is 4.06. The second kappa shape index (κ2) is 8.20. The number of amides is 4. The van der Waals surface area contributed by atoms with Gasteiger partial charge in [-0.05, 0) is 48.9 Å². The number of carbonyl (C=O) groups excluding carboxylic acids is 3. The molecule has 4 amide bonds. The van der Waals surface area contributed by atoms with E-state index in [9.17, 15) is 14.4 Å². The molecular weight excluding hydrogens is 370 g/mol. The SMILES string of the molecule is COCCCN1C(=O)c2ccc(NC(=O)Nc3ccc(Cl)cc3)cc2C1=O. The van der Waals surface area contributed by atoms with Gasteiger partial charge in [-0.15, -0.1) is 0 Å². The van der Waals surface area contributed by atoms with Crippen LogP contribution in [0, 0.1) is 0 Å². The molecule has 2 N–H and O–H groups in total. The van der Waals surface area contributed by atoms with Gasteiger partial charge in [0.05, 0.1) is 11.1 Å². The number of anilines is 2. The molecule has 2 aromatic carbocycles. The lowest BCUT2D eigenvalue weighted by molar-refractivity contribution is 0.0638. The number of hydrogen-bond acceptors (Lipinski definition) is 4. The van der Waals surface area contributed by atoms with Crippen molar-refractivity contribution in [3.8, 4) is 0 Å². The first kappa shape index (κ1) is 18.9. The molecule has 1 aliphatic heterocycles. The van der Waals surface area contributed by atoms with Crippen LogP contribution in [0.1, 0.15) is 27.1 Å². The molecular formula is C19H18ClN3O4. The van der Waals surface area contributed by atoms with E-state index >= 15 is 0 Å². The number of carbonyl (C=O) groups is 3. The molecule has 140 valence electrons. The summed E-state index contributed by atoms with van der Waals surface area (Å²) in [6.45, 7) is 0.755. The molecule has 27 heavy (non-hydrogen) atoms. The van der Waals surface area contributed by atoms with Crippen LogP contribution in [0.4, 0.5) is 16.2 Å². The van der Waals surface area contributed by atoms with E-state index in [2.05, 4.69) is 10.6 Å². The predicted molar refractivity (Wildman–Crippen MR) is 102 cm³/mol. The number of hydrogen-bond donors (Lipinski definition) is 2. The zero-order valence-electron chi connectivity index (χ0n) is 14.6. The zero-order valence-corrected chi connectivity index (χ0v) is 15.4. The fraction of sp³-hybridized carbons (Fsp3) is 0.211. The summed E-state index contributed by atoms with van der Waals surface area (Å²) in [7, 11) is 1.56. The molecule has 8 heteroatoms. The Balaban J connectivity index is 1.68. The molecule has 0 saturated carbocycles. The fourth-order valence-electron chi connectivity index (χ4n) is 2.77. The molecule has 0 radical (unpaired) electrons. The Morgan fingerprint density at radius 1 is 1.00 bits per heavy atom. The minimum Gasteiger partial charge on any atom is -0.385 e. The number of ether oxygens (including phenoxy) is 1. The van der Waals surface area contributed by atoms with Gasteiger partial charge in [-0.2, -0.15) is 0 Å². The average Bonchev–Trinajstić information content (AvgIpc) is 2.88. The minimum absolute atomic E-state index is 0.279. The lowest BCUT2D eigenvalue weighted by Gasteiger charge is -2.12. The van der Waals surface area contributed by atoms with Crippen LogP contribution in [-0.2, 0) is 4.74 Å². The number of benzene rings is 2. The number of nitrogens with one attached hydrogen (secondary N) is 2. The Labute approximate surface area is 161 Å². The van der Waals surface area contributed by atoms with E-state index in [-0.39, 0.29) is 17.4 Å². The van der Waals surface area contributed by atoms with Crippen LogP contribution < -0.4 is 10.6 Å². The molecule has 3 rings (SSSR count). The van der Waals surface area contributed by atoms with Crippen molar-refractivity contribution in [1.29, 1.82) is 0 Å². The monoisotopic (exact) mass is 387 g/mol. The third kappa shape index (κ3) is 4.27. The highest BCUT2D eigenvalue weighted by atomic mass is 35.5. The van der Waals surface area contributed by atoms with Gasteiger partial charge < -0.3 is 15.4 Å². The van der Waals surface area contributed by atoms with Crippen molar-refractivity contribution in [2.75, 3.05) is 30.9 Å². The van der Waals surface area contributed by atoms with E-state index in [1.54, 1.807) is 43.5 Å². The second-order valence-corrected chi connectivity index (χ2v) is 6.39. The molecule has 1 heterocycles. The van der Waals surface area contributed by atoms with Crippen LogP contribution >= 0.6 is 11.6 Å². The third-order valence-corrected chi connectivity index (χ3v) is 4.31. The van der Waals surface area contributed by atoms with Crippen molar-refractivity contribution >= 4 is 40.8 Å². The van der Waals surface area contributed by atoms with E-state index in [1.807, 2.05) is 0 Å². The second-order valence-electron chi connectivity index (χ2n) is 5.95. The first-order chi connectivity index (χ1) is 13.0. The fourth-order valence-corrected chi connectivity index (χ4v) is 2.89. The number of methoxy groups -OCH3 is 1. The highest BCUT2D eigenvalue weighted by molar-refractivity contribution is 6.30. The summed E-state index contributed by atoms with van der Waals surface area (Å²) in [5.41, 5.74) is 1.61. The number of halogens is 1. The maximum Gasteiger partial charge on any atom is 0.323 e. The Hall–Kier alpha value is -2.90. The Morgan fingerprint density at radius 2 is 1.63 bits per heavy atom. The Kier molecular flexibility index (Phi) is 5.73. The summed E-state index contributed by atoms with van der Waals surface area (Å²) in [6, 6.07) is 10.8. The Bertz CT molecular complexity index is 883. The number of nitrogens with zero attached hydrogens (tertiary/aromatic N) is 1. The number of imide groups is 1. The van der Waals surface area contributed by atoms with E-state index in [1.165, 1.54) is 11.0 Å². The zero-order chi connectivity index (χ0) is 19.4. The lowest BCUT2D eigenvalue weighted by atomic mass is 10.1. The largest absolute Gasteiger partial charge is 0.385 e. The van der Waals surface area contributed by atoms with Gasteiger partial charge in [-0.3, -0.25) is 14.5 Å². The van der Waals surface area contributed by atoms with Gasteiger partial charge in [-0.25, -0.2) is 4.79 Å². The van der Waals surface area contributed by atoms with Crippen molar-refractivity contribution in [1.82, 2.24) is 4.90 Å². The summed E-state index contributed by atoms with van der Waals surface area (Å²) >= 11 is 5.81. The number of urea groups is 1. The van der Waals surface area contributed by atoms with E-state index in [0.717, 1.165) is 0 Å². The standard InChI is InChI=1S/C19H18ClN3O4/c1-27-10-2-9-23-17(24)15-8-7-14(11-16(15)18(23)25)22-19(26)21-13-5-3-12(20)4-6-13/h3-8,11H,2,9-10H2,1H3,(H2,21,22,26). The van der Waals surface area contributed by atoms with Gasteiger partial charge in [-0.1, -0.05) is 11.6 Å². The maximum atomic E-state index is 12.5. The van der Waals surface area contributed by atoms with Crippen molar-refractivity contribution in [2.45, 2.75) is 6.42 Å². The molecule has 0 aliphatic carbocycles. The van der Waals surface area contributed by atoms with Gasteiger partial charge in [0.1, 0.15) is 0 Å². The molecule has 0 fully saturated rings. The summed E-state index contributed by atoms with van der Waals surface area (Å²) in [5, 5.41) is 5.88. The van der Waals surface area contributed by atoms with Crippen molar-refractivity contribution < 1.29 is 19.1 Å². The summed E-state index contributed by atoms with van der Waals surface area (Å²) < 4.78 is 4.96. The van der Waals surface area contributed by atoms with Crippen molar-refractivity contribution in [2.24, 2.45) is 0 Å². The summed E-state index contributed by atoms with van der Waals surface area (Å²) in [6.07, 6.45) is 0.566. The van der Waals surface area contributed by atoms with Crippen LogP contribution in [0.15, 0.2) is 42.5 Å². The predicted octanol–water partition coefficient (Wildman–Crippen LogP) is 3.62. The van der Waals surface area contributed by atoms with Gasteiger partial charge in [0, 0.05) is 36.7 Å². The van der Waals surface area contributed by atoms with Crippen molar-refractivity contribution in [3.05, 3.63) is 58.6 Å². The number of rotatable bonds is 6. The van der Waals surface area contributed by atoms with Crippen LogP contribution in [-0.4, -0.2) is 43.0 Å². The van der Waals surface area contributed by atoms with Crippen LogP contribution in [0.5, 0.6) is 0 Å². The van der Waals surface area contributed by atoms with Crippen LogP contribution in [0.25, 0.3) is 0 Å². The van der Waals surface area contributed by atoms with Crippen LogP contribution in [0.3, 0.4) is 0 Å². The van der Waals surface area contributed by atoms with Gasteiger partial charge in [0.2, 0.25) is 0 Å². The Morgan fingerprint density at radius 3 is 2.33 bits per heavy atom. The average molecular weight is 388 g/mol. The van der Waals surface area contributed by atoms with E-state index < -0.39 is 6.03 Å². The topological polar surface area (TPSA) is 87.7 Å². The van der Waals surface area contributed by atoms with Gasteiger partial charge in [0.25, 0.3) is 11.8 Å². The maximum absolute atomic E-state index is 12.5. The molecule has 2 aromatic rings. The molecule has 0 aromatic heterocycles. The summed E-state index contributed by atoms with van der Waals surface area (Å²) in [4.78, 5) is 38.2. The smallest absolute Gasteiger partial charge is 0.323 e.